The van der Waals surface area contributed by atoms with E-state index in [0.717, 1.165) is 5.39 Å². The summed E-state index contributed by atoms with van der Waals surface area (Å²) < 4.78 is 27.6. The van der Waals surface area contributed by atoms with Crippen LogP contribution in [0.5, 0.6) is 0 Å². The predicted molar refractivity (Wildman–Crippen MR) is 126 cm³/mol. The third kappa shape index (κ3) is 4.18. The van der Waals surface area contributed by atoms with Crippen molar-refractivity contribution < 1.29 is 13.6 Å². The number of benzene rings is 2. The summed E-state index contributed by atoms with van der Waals surface area (Å²) in [7, 11) is 0. The molecule has 0 fully saturated rings. The number of halogens is 2. The lowest BCUT2D eigenvalue weighted by molar-refractivity contribution is 0.102. The molecule has 7 nitrogen and oxygen atoms in total. The molecule has 0 bridgehead atoms. The van der Waals surface area contributed by atoms with Crippen molar-refractivity contribution >= 4 is 34.1 Å². The van der Waals surface area contributed by atoms with E-state index in [1.807, 2.05) is 12.1 Å². The summed E-state index contributed by atoms with van der Waals surface area (Å²) in [5.74, 6) is -0.563. The molecule has 0 aliphatic rings. The number of anilines is 3. The largest absolute Gasteiger partial charge is 0.346 e. The van der Waals surface area contributed by atoms with Gasteiger partial charge in [-0.15, -0.1) is 0 Å². The van der Waals surface area contributed by atoms with E-state index in [-0.39, 0.29) is 5.69 Å². The number of alkyl halides is 1. The summed E-state index contributed by atoms with van der Waals surface area (Å²) in [6.45, 7) is -0.667. The van der Waals surface area contributed by atoms with Gasteiger partial charge >= 0.3 is 0 Å². The smallest absolute Gasteiger partial charge is 0.255 e. The molecule has 168 valence electrons. The van der Waals surface area contributed by atoms with Gasteiger partial charge in [0.05, 0.1) is 11.4 Å². The first-order valence-corrected chi connectivity index (χ1v) is 10.4. The van der Waals surface area contributed by atoms with E-state index in [0.29, 0.717) is 39.5 Å². The Balaban J connectivity index is 1.44. The molecule has 5 aromatic rings. The van der Waals surface area contributed by atoms with Crippen LogP contribution >= 0.6 is 0 Å². The van der Waals surface area contributed by atoms with Crippen LogP contribution in [0.3, 0.4) is 0 Å². The minimum absolute atomic E-state index is 0.120. The number of carbonyl (C=O) groups is 1. The van der Waals surface area contributed by atoms with Crippen LogP contribution in [0.15, 0.2) is 79.4 Å². The molecule has 0 saturated carbocycles. The summed E-state index contributed by atoms with van der Waals surface area (Å²) in [4.78, 5) is 28.6. The Hall–Kier alpha value is -4.66. The second kappa shape index (κ2) is 9.07. The SMILES string of the molecule is O=C(Nc1ccc(F)c(Nc2ncccc2-c2ncnc3[nH]ccc23)c1)c1cccc(CF)c1. The van der Waals surface area contributed by atoms with E-state index < -0.39 is 18.4 Å². The highest BCUT2D eigenvalue weighted by molar-refractivity contribution is 6.04. The summed E-state index contributed by atoms with van der Waals surface area (Å²) in [5, 5.41) is 6.53. The van der Waals surface area contributed by atoms with E-state index in [2.05, 4.69) is 30.6 Å². The van der Waals surface area contributed by atoms with E-state index >= 15 is 0 Å². The van der Waals surface area contributed by atoms with Crippen LogP contribution in [0, 0.1) is 5.82 Å². The number of rotatable bonds is 6. The quantitative estimate of drug-likeness (QED) is 0.308. The second-order valence-corrected chi connectivity index (χ2v) is 7.47. The Bertz CT molecular complexity index is 1500. The topological polar surface area (TPSA) is 95.6 Å². The van der Waals surface area contributed by atoms with Gasteiger partial charge in [0.2, 0.25) is 0 Å². The molecule has 34 heavy (non-hydrogen) atoms. The molecule has 0 aliphatic heterocycles. The maximum Gasteiger partial charge on any atom is 0.255 e. The fourth-order valence-electron chi connectivity index (χ4n) is 3.61. The number of amides is 1. The summed E-state index contributed by atoms with van der Waals surface area (Å²) >= 11 is 0. The Kier molecular flexibility index (Phi) is 5.65. The van der Waals surface area contributed by atoms with Crippen molar-refractivity contribution in [1.29, 1.82) is 0 Å². The minimum atomic E-state index is -0.667. The van der Waals surface area contributed by atoms with Crippen LogP contribution in [0.4, 0.5) is 26.0 Å². The van der Waals surface area contributed by atoms with Crippen molar-refractivity contribution in [1.82, 2.24) is 19.9 Å². The van der Waals surface area contributed by atoms with E-state index in [1.165, 1.54) is 30.6 Å². The van der Waals surface area contributed by atoms with Crippen LogP contribution < -0.4 is 10.6 Å². The van der Waals surface area contributed by atoms with Gasteiger partial charge < -0.3 is 15.6 Å². The molecule has 5 rings (SSSR count). The number of hydrogen-bond donors (Lipinski definition) is 3. The lowest BCUT2D eigenvalue weighted by Gasteiger charge is -2.13. The fraction of sp³-hybridized carbons (Fsp3) is 0.0400. The van der Waals surface area contributed by atoms with Gasteiger partial charge in [0.1, 0.15) is 30.3 Å². The third-order valence-corrected chi connectivity index (χ3v) is 5.24. The number of carbonyl (C=O) groups excluding carboxylic acids is 1. The maximum absolute atomic E-state index is 14.7. The zero-order valence-electron chi connectivity index (χ0n) is 17.7. The monoisotopic (exact) mass is 456 g/mol. The molecule has 0 spiro atoms. The summed E-state index contributed by atoms with van der Waals surface area (Å²) in [6.07, 6.45) is 4.80. The lowest BCUT2D eigenvalue weighted by Crippen LogP contribution is -2.12. The van der Waals surface area contributed by atoms with Crippen molar-refractivity contribution in [3.63, 3.8) is 0 Å². The minimum Gasteiger partial charge on any atom is -0.346 e. The molecule has 0 radical (unpaired) electrons. The van der Waals surface area contributed by atoms with Crippen molar-refractivity contribution in [2.24, 2.45) is 0 Å². The average Bonchev–Trinajstić information content (AvgIpc) is 3.36. The van der Waals surface area contributed by atoms with E-state index in [1.54, 1.807) is 36.7 Å². The highest BCUT2D eigenvalue weighted by Gasteiger charge is 2.15. The highest BCUT2D eigenvalue weighted by Crippen LogP contribution is 2.32. The molecule has 0 aliphatic carbocycles. The number of aromatic amines is 1. The van der Waals surface area contributed by atoms with E-state index in [9.17, 15) is 13.6 Å². The highest BCUT2D eigenvalue weighted by atomic mass is 19.1. The molecule has 2 aromatic carbocycles. The number of hydrogen-bond acceptors (Lipinski definition) is 5. The molecule has 3 heterocycles. The molecule has 9 heteroatoms. The number of H-pyrrole nitrogens is 1. The van der Waals surface area contributed by atoms with Gasteiger partial charge in [-0.2, -0.15) is 0 Å². The standard InChI is InChI=1S/C25H18F2N6O/c26-13-15-3-1-4-16(11-15)25(34)32-17-6-7-20(27)21(12-17)33-24-18(5-2-9-28-24)22-19-8-10-29-23(19)31-14-30-22/h1-12,14H,13H2,(H,28,33)(H,32,34)(H,29,30,31). The zero-order chi connectivity index (χ0) is 23.5. The Morgan fingerprint density at radius 2 is 1.91 bits per heavy atom. The summed E-state index contributed by atoms with van der Waals surface area (Å²) in [6, 6.07) is 15.9. The fourth-order valence-corrected chi connectivity index (χ4v) is 3.61. The Morgan fingerprint density at radius 1 is 1.00 bits per heavy atom. The molecule has 0 saturated heterocycles. The first-order chi connectivity index (χ1) is 16.6. The molecular weight excluding hydrogens is 438 g/mol. The van der Waals surface area contributed by atoms with Gasteiger partial charge in [-0.3, -0.25) is 4.79 Å². The van der Waals surface area contributed by atoms with Gasteiger partial charge in [0.15, 0.2) is 0 Å². The van der Waals surface area contributed by atoms with Crippen molar-refractivity contribution in [2.45, 2.75) is 6.67 Å². The summed E-state index contributed by atoms with van der Waals surface area (Å²) in [5.41, 5.74) is 3.17. The molecule has 1 amide bonds. The number of aromatic nitrogens is 4. The van der Waals surface area contributed by atoms with Crippen LogP contribution in [-0.2, 0) is 6.67 Å². The Morgan fingerprint density at radius 3 is 2.79 bits per heavy atom. The molecule has 0 unspecified atom stereocenters. The maximum atomic E-state index is 14.7. The van der Waals surface area contributed by atoms with Crippen LogP contribution in [0.1, 0.15) is 15.9 Å². The molecule has 3 aromatic heterocycles. The number of pyridine rings is 1. The number of fused-ring (bicyclic) bond motifs is 1. The lowest BCUT2D eigenvalue weighted by atomic mass is 10.1. The van der Waals surface area contributed by atoms with Crippen molar-refractivity contribution in [2.75, 3.05) is 10.6 Å². The normalized spacial score (nSPS) is 10.9. The molecular formula is C25H18F2N6O. The third-order valence-electron chi connectivity index (χ3n) is 5.24. The molecule has 0 atom stereocenters. The number of nitrogens with one attached hydrogen (secondary N) is 3. The number of nitrogens with zero attached hydrogens (tertiary/aromatic N) is 3. The first kappa shape index (κ1) is 21.2. The van der Waals surface area contributed by atoms with Gasteiger partial charge in [-0.05, 0) is 54.1 Å². The van der Waals surface area contributed by atoms with Crippen molar-refractivity contribution in [3.8, 4) is 11.3 Å². The van der Waals surface area contributed by atoms with Crippen LogP contribution in [-0.4, -0.2) is 25.8 Å². The van der Waals surface area contributed by atoms with Crippen molar-refractivity contribution in [3.05, 3.63) is 96.3 Å². The zero-order valence-corrected chi connectivity index (χ0v) is 17.7. The average molecular weight is 456 g/mol. The Labute approximate surface area is 192 Å². The van der Waals surface area contributed by atoms with Crippen LogP contribution in [0.2, 0.25) is 0 Å². The van der Waals surface area contributed by atoms with Crippen LogP contribution in [0.25, 0.3) is 22.3 Å². The van der Waals surface area contributed by atoms with Gasteiger partial charge in [0, 0.05) is 34.6 Å². The second-order valence-electron chi connectivity index (χ2n) is 7.47. The van der Waals surface area contributed by atoms with E-state index in [4.69, 9.17) is 0 Å². The predicted octanol–water partition coefficient (Wildman–Crippen LogP) is 5.62. The van der Waals surface area contributed by atoms with Gasteiger partial charge in [0.25, 0.3) is 5.91 Å². The first-order valence-electron chi connectivity index (χ1n) is 10.4. The molecule has 3 N–H and O–H groups in total. The van der Waals surface area contributed by atoms with Gasteiger partial charge in [-0.25, -0.2) is 23.7 Å². The van der Waals surface area contributed by atoms with Gasteiger partial charge in [-0.1, -0.05) is 12.1 Å².